The predicted molar refractivity (Wildman–Crippen MR) is 67.1 cm³/mol. The van der Waals surface area contributed by atoms with Crippen molar-refractivity contribution < 1.29 is 29.2 Å². The first-order chi connectivity index (χ1) is 9.84. The highest BCUT2D eigenvalue weighted by Gasteiger charge is 2.56. The lowest BCUT2D eigenvalue weighted by Crippen LogP contribution is -2.42. The average Bonchev–Trinajstić information content (AvgIpc) is 2.68. The summed E-state index contributed by atoms with van der Waals surface area (Å²) in [7, 11) is 0. The van der Waals surface area contributed by atoms with Crippen molar-refractivity contribution >= 4 is 0 Å². The molecule has 1 fully saturated rings. The number of alkyl halides is 1. The van der Waals surface area contributed by atoms with Crippen LogP contribution in [0.4, 0.5) is 4.39 Å². The summed E-state index contributed by atoms with van der Waals surface area (Å²) in [5, 5.41) is 28.3. The molecule has 0 aliphatic carbocycles. The smallest absolute Gasteiger partial charge is 0.353 e. The maximum Gasteiger partial charge on any atom is 0.353 e. The minimum Gasteiger partial charge on any atom is -0.447 e. The molecule has 21 heavy (non-hydrogen) atoms. The Hall–Kier alpha value is -1.81. The van der Waals surface area contributed by atoms with Gasteiger partial charge in [-0.1, -0.05) is 6.58 Å². The second kappa shape index (κ2) is 5.53. The molecule has 0 bridgehead atoms. The minimum atomic E-state index is -2.85. The third kappa shape index (κ3) is 2.56. The fourth-order valence-corrected chi connectivity index (χ4v) is 2.04. The predicted octanol–water partition coefficient (Wildman–Crippen LogP) is -1.02. The Kier molecular flexibility index (Phi) is 4.10. The van der Waals surface area contributed by atoms with E-state index < -0.39 is 36.6 Å². The van der Waals surface area contributed by atoms with Gasteiger partial charge in [-0.3, -0.25) is 4.57 Å². The van der Waals surface area contributed by atoms with Gasteiger partial charge in [0.25, 0.3) is 5.85 Å². The van der Waals surface area contributed by atoms with E-state index in [1.165, 1.54) is 6.20 Å². The summed E-state index contributed by atoms with van der Waals surface area (Å²) in [5.41, 5.74) is -0.476. The van der Waals surface area contributed by atoms with Gasteiger partial charge in [0.15, 0.2) is 6.23 Å². The molecule has 1 aromatic heterocycles. The third-order valence-electron chi connectivity index (χ3n) is 3.15. The summed E-state index contributed by atoms with van der Waals surface area (Å²) >= 11 is 0. The van der Waals surface area contributed by atoms with Gasteiger partial charge >= 0.3 is 5.69 Å². The molecule has 0 amide bonds. The molecule has 0 aromatic carbocycles. The van der Waals surface area contributed by atoms with Crippen molar-refractivity contribution in [1.82, 2.24) is 9.55 Å². The molecular weight excluding hydrogens is 287 g/mol. The molecule has 1 aliphatic heterocycles. The highest BCUT2D eigenvalue weighted by Crippen LogP contribution is 2.37. The van der Waals surface area contributed by atoms with Crippen molar-refractivity contribution in [2.75, 3.05) is 6.61 Å². The van der Waals surface area contributed by atoms with E-state index in [2.05, 4.69) is 11.6 Å². The molecule has 0 saturated carbocycles. The molecule has 3 N–H and O–H groups in total. The lowest BCUT2D eigenvalue weighted by Gasteiger charge is -2.20. The van der Waals surface area contributed by atoms with Gasteiger partial charge in [0.1, 0.15) is 18.8 Å². The number of hydrogen-bond donors (Lipinski definition) is 3. The number of nitrogens with zero attached hydrogens (tertiary/aromatic N) is 2. The van der Waals surface area contributed by atoms with E-state index in [0.29, 0.717) is 5.56 Å². The van der Waals surface area contributed by atoms with Crippen LogP contribution in [0.3, 0.4) is 0 Å². The maximum atomic E-state index is 14.0. The second-order valence-corrected chi connectivity index (χ2v) is 4.59. The lowest BCUT2D eigenvalue weighted by atomic mass is 10.1. The monoisotopic (exact) mass is 302 g/mol. The van der Waals surface area contributed by atoms with Crippen LogP contribution in [0, 0.1) is 6.92 Å². The van der Waals surface area contributed by atoms with Gasteiger partial charge in [-0.2, -0.15) is 4.98 Å². The zero-order valence-corrected chi connectivity index (χ0v) is 11.1. The first-order valence-electron chi connectivity index (χ1n) is 6.05. The van der Waals surface area contributed by atoms with Gasteiger partial charge in [0.05, 0.1) is 6.26 Å². The largest absolute Gasteiger partial charge is 0.447 e. The Morgan fingerprint density at radius 3 is 2.86 bits per heavy atom. The van der Waals surface area contributed by atoms with Gasteiger partial charge in [0, 0.05) is 11.8 Å². The second-order valence-electron chi connectivity index (χ2n) is 4.59. The normalized spacial score (nSPS) is 32.1. The van der Waals surface area contributed by atoms with Crippen LogP contribution in [0.15, 0.2) is 23.8 Å². The molecule has 9 heteroatoms. The van der Waals surface area contributed by atoms with Crippen molar-refractivity contribution in [3.05, 3.63) is 35.1 Å². The van der Waals surface area contributed by atoms with E-state index in [1.807, 2.05) is 0 Å². The number of aliphatic hydroxyl groups is 3. The summed E-state index contributed by atoms with van der Waals surface area (Å²) in [5.74, 6) is -2.85. The van der Waals surface area contributed by atoms with E-state index in [1.54, 1.807) is 6.92 Å². The SMILES string of the molecule is C=COc1nc(=O)n([C@@H]2O[C@](F)(CO)[C@@H](O)[C@H]2O)cc1C. The van der Waals surface area contributed by atoms with Crippen LogP contribution in [0.2, 0.25) is 0 Å². The Morgan fingerprint density at radius 1 is 1.67 bits per heavy atom. The number of ether oxygens (including phenoxy) is 2. The third-order valence-corrected chi connectivity index (χ3v) is 3.15. The summed E-state index contributed by atoms with van der Waals surface area (Å²) < 4.78 is 24.5. The van der Waals surface area contributed by atoms with Gasteiger partial charge in [-0.25, -0.2) is 9.18 Å². The molecule has 0 radical (unpaired) electrons. The number of rotatable bonds is 4. The van der Waals surface area contributed by atoms with Crippen molar-refractivity contribution in [3.63, 3.8) is 0 Å². The number of aromatic nitrogens is 2. The van der Waals surface area contributed by atoms with Gasteiger partial charge in [0.2, 0.25) is 5.88 Å². The van der Waals surface area contributed by atoms with Crippen molar-refractivity contribution in [3.8, 4) is 5.88 Å². The molecule has 1 aliphatic rings. The van der Waals surface area contributed by atoms with E-state index in [0.717, 1.165) is 10.8 Å². The molecule has 2 rings (SSSR count). The molecule has 0 spiro atoms. The number of halogens is 1. The van der Waals surface area contributed by atoms with E-state index >= 15 is 0 Å². The minimum absolute atomic E-state index is 0.00737. The van der Waals surface area contributed by atoms with E-state index in [-0.39, 0.29) is 5.88 Å². The van der Waals surface area contributed by atoms with Crippen molar-refractivity contribution in [1.29, 1.82) is 0 Å². The van der Waals surface area contributed by atoms with Crippen LogP contribution in [0.25, 0.3) is 0 Å². The Balaban J connectivity index is 2.42. The highest BCUT2D eigenvalue weighted by atomic mass is 19.2. The first kappa shape index (κ1) is 15.6. The van der Waals surface area contributed by atoms with Crippen molar-refractivity contribution in [2.45, 2.75) is 31.2 Å². The van der Waals surface area contributed by atoms with E-state index in [4.69, 9.17) is 14.6 Å². The summed E-state index contributed by atoms with van der Waals surface area (Å²) in [4.78, 5) is 15.5. The molecule has 2 heterocycles. The molecule has 4 atom stereocenters. The van der Waals surface area contributed by atoms with Crippen LogP contribution in [-0.2, 0) is 4.74 Å². The zero-order valence-electron chi connectivity index (χ0n) is 11.1. The molecule has 0 unspecified atom stereocenters. The Labute approximate surface area is 118 Å². The fourth-order valence-electron chi connectivity index (χ4n) is 2.04. The summed E-state index contributed by atoms with van der Waals surface area (Å²) in [6.45, 7) is 3.73. The van der Waals surface area contributed by atoms with Gasteiger partial charge in [-0.05, 0) is 6.92 Å². The van der Waals surface area contributed by atoms with E-state index in [9.17, 15) is 19.4 Å². The molecule has 1 aromatic rings. The quantitative estimate of drug-likeness (QED) is 0.610. The Bertz CT molecular complexity index is 606. The first-order valence-corrected chi connectivity index (χ1v) is 6.05. The van der Waals surface area contributed by atoms with Crippen LogP contribution < -0.4 is 10.4 Å². The molecule has 116 valence electrons. The molecule has 8 nitrogen and oxygen atoms in total. The lowest BCUT2D eigenvalue weighted by molar-refractivity contribution is -0.207. The maximum absolute atomic E-state index is 14.0. The van der Waals surface area contributed by atoms with Crippen molar-refractivity contribution in [2.24, 2.45) is 0 Å². The van der Waals surface area contributed by atoms with Crippen LogP contribution in [-0.4, -0.2) is 49.5 Å². The van der Waals surface area contributed by atoms with Crippen LogP contribution >= 0.6 is 0 Å². The van der Waals surface area contributed by atoms with Gasteiger partial charge < -0.3 is 24.8 Å². The number of aliphatic hydroxyl groups excluding tert-OH is 3. The highest BCUT2D eigenvalue weighted by molar-refractivity contribution is 5.21. The van der Waals surface area contributed by atoms with Crippen LogP contribution in [0.5, 0.6) is 5.88 Å². The fraction of sp³-hybridized carbons (Fsp3) is 0.500. The summed E-state index contributed by atoms with van der Waals surface area (Å²) in [6, 6.07) is 0. The number of aryl methyl sites for hydroxylation is 1. The topological polar surface area (TPSA) is 114 Å². The molecule has 1 saturated heterocycles. The van der Waals surface area contributed by atoms with Gasteiger partial charge in [-0.15, -0.1) is 0 Å². The molecular formula is C12H15FN2O6. The number of hydrogen-bond acceptors (Lipinski definition) is 7. The Morgan fingerprint density at radius 2 is 2.33 bits per heavy atom. The van der Waals surface area contributed by atoms with Crippen LogP contribution in [0.1, 0.15) is 11.8 Å². The summed E-state index contributed by atoms with van der Waals surface area (Å²) in [6.07, 6.45) is -2.94. The standard InChI is InChI=1S/C12H15FN2O6/c1-3-20-9-6(2)4-15(11(19)14-9)10-7(17)8(18)12(13,5-16)21-10/h3-4,7-8,10,16-18H,1,5H2,2H3/t7-,8+,10-,12-/m1/s1. The average molecular weight is 302 g/mol. The zero-order chi connectivity index (χ0) is 15.8.